The highest BCUT2D eigenvalue weighted by molar-refractivity contribution is 6.32. The zero-order valence-electron chi connectivity index (χ0n) is 12.2. The fourth-order valence-electron chi connectivity index (χ4n) is 1.62. The van der Waals surface area contributed by atoms with Gasteiger partial charge in [-0.15, -0.1) is 0 Å². The number of rotatable bonds is 5. The summed E-state index contributed by atoms with van der Waals surface area (Å²) in [4.78, 5) is 11.7. The number of hydrogen-bond donors (Lipinski definition) is 2. The maximum atomic E-state index is 11.7. The molecule has 1 rings (SSSR count). The van der Waals surface area contributed by atoms with E-state index in [9.17, 15) is 4.79 Å². The van der Waals surface area contributed by atoms with E-state index in [1.807, 2.05) is 20.8 Å². The number of nitrogens with one attached hydrogen (secondary N) is 1. The first kappa shape index (κ1) is 16.6. The molecule has 0 fully saturated rings. The molecular weight excluding hydrogens is 280 g/mol. The number of carbonyl (C=O) groups excluding carboxylic acids is 1. The Hall–Kier alpha value is -1.46. The second-order valence-corrected chi connectivity index (χ2v) is 5.81. The second-order valence-electron chi connectivity index (χ2n) is 5.40. The summed E-state index contributed by atoms with van der Waals surface area (Å²) in [6.07, 6.45) is 0. The molecule has 0 saturated heterocycles. The van der Waals surface area contributed by atoms with Gasteiger partial charge in [0.2, 0.25) is 0 Å². The Kier molecular flexibility index (Phi) is 5.65. The summed E-state index contributed by atoms with van der Waals surface area (Å²) in [6.45, 7) is 5.91. The van der Waals surface area contributed by atoms with Crippen molar-refractivity contribution in [1.29, 1.82) is 0 Å². The molecule has 1 amide bonds. The standard InChI is InChI=1S/C14H21ClN2O3/c1-14(2,3)17-12(18)8-20-13-10(15)5-9(7-16)6-11(13)19-4/h5-6H,7-8,16H2,1-4H3,(H,17,18). The number of halogens is 1. The minimum Gasteiger partial charge on any atom is -0.493 e. The maximum absolute atomic E-state index is 11.7. The maximum Gasteiger partial charge on any atom is 0.258 e. The Bertz CT molecular complexity index is 484. The topological polar surface area (TPSA) is 73.6 Å². The van der Waals surface area contributed by atoms with Crippen LogP contribution in [0.1, 0.15) is 26.3 Å². The molecule has 0 aliphatic carbocycles. The Labute approximate surface area is 124 Å². The van der Waals surface area contributed by atoms with Crippen LogP contribution in [0.5, 0.6) is 11.5 Å². The smallest absolute Gasteiger partial charge is 0.258 e. The molecule has 112 valence electrons. The third-order valence-electron chi connectivity index (χ3n) is 2.39. The molecule has 0 saturated carbocycles. The van der Waals surface area contributed by atoms with Crippen molar-refractivity contribution in [2.45, 2.75) is 32.9 Å². The first-order valence-corrected chi connectivity index (χ1v) is 6.65. The summed E-state index contributed by atoms with van der Waals surface area (Å²) in [7, 11) is 1.51. The van der Waals surface area contributed by atoms with Crippen molar-refractivity contribution in [2.75, 3.05) is 13.7 Å². The molecule has 0 heterocycles. The first-order valence-electron chi connectivity index (χ1n) is 6.27. The van der Waals surface area contributed by atoms with Crippen molar-refractivity contribution in [3.8, 4) is 11.5 Å². The van der Waals surface area contributed by atoms with Gasteiger partial charge in [0.15, 0.2) is 18.1 Å². The Morgan fingerprint density at radius 2 is 2.05 bits per heavy atom. The second kappa shape index (κ2) is 6.81. The lowest BCUT2D eigenvalue weighted by Gasteiger charge is -2.21. The van der Waals surface area contributed by atoms with Gasteiger partial charge in [0.25, 0.3) is 5.91 Å². The van der Waals surface area contributed by atoms with Crippen molar-refractivity contribution in [3.05, 3.63) is 22.7 Å². The van der Waals surface area contributed by atoms with Gasteiger partial charge in [-0.2, -0.15) is 0 Å². The molecule has 0 aliphatic heterocycles. The molecule has 0 spiro atoms. The van der Waals surface area contributed by atoms with E-state index in [0.29, 0.717) is 23.1 Å². The molecule has 0 aromatic heterocycles. The Morgan fingerprint density at radius 3 is 2.55 bits per heavy atom. The normalized spacial score (nSPS) is 11.1. The lowest BCUT2D eigenvalue weighted by Crippen LogP contribution is -2.43. The van der Waals surface area contributed by atoms with Crippen LogP contribution in [0.3, 0.4) is 0 Å². The monoisotopic (exact) mass is 300 g/mol. The summed E-state index contributed by atoms with van der Waals surface area (Å²) in [5, 5.41) is 3.17. The number of hydrogen-bond acceptors (Lipinski definition) is 4. The molecule has 20 heavy (non-hydrogen) atoms. The zero-order chi connectivity index (χ0) is 15.3. The van der Waals surface area contributed by atoms with E-state index in [0.717, 1.165) is 5.56 Å². The van der Waals surface area contributed by atoms with Crippen molar-refractivity contribution >= 4 is 17.5 Å². The summed E-state index contributed by atoms with van der Waals surface area (Å²) in [5.41, 5.74) is 6.09. The molecule has 0 radical (unpaired) electrons. The molecule has 0 aliphatic rings. The van der Waals surface area contributed by atoms with Crippen LogP contribution in [0.2, 0.25) is 5.02 Å². The molecule has 5 nitrogen and oxygen atoms in total. The van der Waals surface area contributed by atoms with E-state index >= 15 is 0 Å². The summed E-state index contributed by atoms with van der Waals surface area (Å²) in [5.74, 6) is 0.579. The SMILES string of the molecule is COc1cc(CN)cc(Cl)c1OCC(=O)NC(C)(C)C. The quantitative estimate of drug-likeness (QED) is 0.873. The van der Waals surface area contributed by atoms with Gasteiger partial charge >= 0.3 is 0 Å². The Morgan fingerprint density at radius 1 is 1.40 bits per heavy atom. The minimum atomic E-state index is -0.308. The van der Waals surface area contributed by atoms with Crippen LogP contribution in [0.25, 0.3) is 0 Å². The molecular formula is C14H21ClN2O3. The molecule has 0 bridgehead atoms. The molecule has 1 aromatic rings. The van der Waals surface area contributed by atoms with Crippen LogP contribution in [0, 0.1) is 0 Å². The van der Waals surface area contributed by atoms with Crippen molar-refractivity contribution in [2.24, 2.45) is 5.73 Å². The van der Waals surface area contributed by atoms with Gasteiger partial charge < -0.3 is 20.5 Å². The fourth-order valence-corrected chi connectivity index (χ4v) is 1.91. The van der Waals surface area contributed by atoms with Gasteiger partial charge in [-0.1, -0.05) is 11.6 Å². The van der Waals surface area contributed by atoms with Gasteiger partial charge in [0.05, 0.1) is 12.1 Å². The van der Waals surface area contributed by atoms with E-state index in [2.05, 4.69) is 5.32 Å². The summed E-state index contributed by atoms with van der Waals surface area (Å²) < 4.78 is 10.7. The molecule has 6 heteroatoms. The largest absolute Gasteiger partial charge is 0.493 e. The molecule has 1 aromatic carbocycles. The number of benzene rings is 1. The number of ether oxygens (including phenoxy) is 2. The van der Waals surface area contributed by atoms with Crippen molar-refractivity contribution in [1.82, 2.24) is 5.32 Å². The van der Waals surface area contributed by atoms with Crippen LogP contribution in [0.4, 0.5) is 0 Å². The third kappa shape index (κ3) is 4.90. The summed E-state index contributed by atoms with van der Waals surface area (Å²) >= 11 is 6.12. The van der Waals surface area contributed by atoms with Crippen LogP contribution in [0.15, 0.2) is 12.1 Å². The Balaban J connectivity index is 2.80. The zero-order valence-corrected chi connectivity index (χ0v) is 13.0. The van der Waals surface area contributed by atoms with Gasteiger partial charge in [-0.05, 0) is 38.5 Å². The number of methoxy groups -OCH3 is 1. The van der Waals surface area contributed by atoms with E-state index in [4.69, 9.17) is 26.8 Å². The third-order valence-corrected chi connectivity index (χ3v) is 2.67. The van der Waals surface area contributed by atoms with Gasteiger partial charge in [0.1, 0.15) is 0 Å². The average Bonchev–Trinajstić information content (AvgIpc) is 2.34. The lowest BCUT2D eigenvalue weighted by atomic mass is 10.1. The first-order chi connectivity index (χ1) is 9.26. The van der Waals surface area contributed by atoms with Crippen molar-refractivity contribution < 1.29 is 14.3 Å². The van der Waals surface area contributed by atoms with E-state index in [-0.39, 0.29) is 18.1 Å². The molecule has 0 atom stereocenters. The molecule has 0 unspecified atom stereocenters. The average molecular weight is 301 g/mol. The predicted octanol–water partition coefficient (Wildman–Crippen LogP) is 2.10. The fraction of sp³-hybridized carbons (Fsp3) is 0.500. The van der Waals surface area contributed by atoms with Crippen LogP contribution < -0.4 is 20.5 Å². The van der Waals surface area contributed by atoms with E-state index in [1.165, 1.54) is 7.11 Å². The van der Waals surface area contributed by atoms with Gasteiger partial charge in [-0.3, -0.25) is 4.79 Å². The van der Waals surface area contributed by atoms with Crippen LogP contribution in [-0.2, 0) is 11.3 Å². The summed E-state index contributed by atoms with van der Waals surface area (Å²) in [6, 6.07) is 3.43. The number of carbonyl (C=O) groups is 1. The van der Waals surface area contributed by atoms with Crippen LogP contribution in [-0.4, -0.2) is 25.2 Å². The number of nitrogens with two attached hydrogens (primary N) is 1. The predicted molar refractivity (Wildman–Crippen MR) is 79.3 cm³/mol. The molecule has 3 N–H and O–H groups in total. The number of amides is 1. The van der Waals surface area contributed by atoms with E-state index < -0.39 is 0 Å². The van der Waals surface area contributed by atoms with Gasteiger partial charge in [0, 0.05) is 12.1 Å². The highest BCUT2D eigenvalue weighted by Crippen LogP contribution is 2.36. The van der Waals surface area contributed by atoms with Crippen LogP contribution >= 0.6 is 11.6 Å². The lowest BCUT2D eigenvalue weighted by molar-refractivity contribution is -0.124. The highest BCUT2D eigenvalue weighted by Gasteiger charge is 2.17. The van der Waals surface area contributed by atoms with Gasteiger partial charge in [-0.25, -0.2) is 0 Å². The van der Waals surface area contributed by atoms with E-state index in [1.54, 1.807) is 12.1 Å². The minimum absolute atomic E-state index is 0.130. The van der Waals surface area contributed by atoms with Crippen molar-refractivity contribution in [3.63, 3.8) is 0 Å². The highest BCUT2D eigenvalue weighted by atomic mass is 35.5.